The zero-order valence-corrected chi connectivity index (χ0v) is 22.8. The number of aryl methyl sites for hydroxylation is 1. The molecule has 0 N–H and O–H groups in total. The van der Waals surface area contributed by atoms with E-state index in [4.69, 9.17) is 21.3 Å². The molecular formula is C30H35ClN4O2. The number of hydrogen-bond donors (Lipinski definition) is 0. The van der Waals surface area contributed by atoms with Crippen LogP contribution in [-0.4, -0.2) is 44.2 Å². The number of amides is 1. The van der Waals surface area contributed by atoms with E-state index in [0.29, 0.717) is 19.0 Å². The fraction of sp³-hybridized carbons (Fsp3) is 0.433. The van der Waals surface area contributed by atoms with Crippen molar-refractivity contribution in [1.82, 2.24) is 19.4 Å². The molecule has 1 aliphatic heterocycles. The number of imidazole rings is 1. The monoisotopic (exact) mass is 518 g/mol. The first-order chi connectivity index (χ1) is 17.7. The Morgan fingerprint density at radius 2 is 1.92 bits per heavy atom. The smallest absolute Gasteiger partial charge is 0.410 e. The fourth-order valence-corrected chi connectivity index (χ4v) is 5.82. The summed E-state index contributed by atoms with van der Waals surface area (Å²) in [6.07, 6.45) is 10.5. The second kappa shape index (κ2) is 10.3. The van der Waals surface area contributed by atoms with Gasteiger partial charge in [-0.1, -0.05) is 30.7 Å². The Morgan fingerprint density at radius 1 is 1.14 bits per heavy atom. The van der Waals surface area contributed by atoms with Gasteiger partial charge in [0, 0.05) is 61.1 Å². The quantitative estimate of drug-likeness (QED) is 0.380. The average Bonchev–Trinajstić information content (AvgIpc) is 3.26. The van der Waals surface area contributed by atoms with E-state index < -0.39 is 5.60 Å². The second-order valence-electron chi connectivity index (χ2n) is 11.0. The minimum Gasteiger partial charge on any atom is -0.444 e. The molecule has 1 unspecified atom stereocenters. The topological polar surface area (TPSA) is 60.2 Å². The van der Waals surface area contributed by atoms with E-state index in [2.05, 4.69) is 40.7 Å². The number of hydrogen-bond acceptors (Lipinski definition) is 4. The molecular weight excluding hydrogens is 484 g/mol. The number of pyridine rings is 1. The molecule has 0 saturated carbocycles. The van der Waals surface area contributed by atoms with E-state index in [-0.39, 0.29) is 12.0 Å². The number of likely N-dealkylation sites (tertiary alicyclic amines) is 1. The van der Waals surface area contributed by atoms with Gasteiger partial charge in [-0.3, -0.25) is 4.98 Å². The van der Waals surface area contributed by atoms with Crippen LogP contribution in [0.1, 0.15) is 74.7 Å². The summed E-state index contributed by atoms with van der Waals surface area (Å²) in [4.78, 5) is 24.0. The summed E-state index contributed by atoms with van der Waals surface area (Å²) in [6.45, 7) is 9.93. The molecule has 194 valence electrons. The Kier molecular flexibility index (Phi) is 7.13. The molecule has 5 rings (SSSR count). The minimum absolute atomic E-state index is 0.117. The van der Waals surface area contributed by atoms with Crippen molar-refractivity contribution >= 4 is 29.3 Å². The highest BCUT2D eigenvalue weighted by Gasteiger charge is 2.36. The molecule has 0 radical (unpaired) electrons. The van der Waals surface area contributed by atoms with Crippen LogP contribution in [0.3, 0.4) is 0 Å². The van der Waals surface area contributed by atoms with E-state index in [1.54, 1.807) is 0 Å². The second-order valence-corrected chi connectivity index (χ2v) is 11.4. The van der Waals surface area contributed by atoms with E-state index in [1.165, 1.54) is 16.7 Å². The number of benzene rings is 1. The third kappa shape index (κ3) is 5.45. The van der Waals surface area contributed by atoms with Crippen LogP contribution >= 0.6 is 11.6 Å². The molecule has 37 heavy (non-hydrogen) atoms. The lowest BCUT2D eigenvalue weighted by Gasteiger charge is -2.37. The summed E-state index contributed by atoms with van der Waals surface area (Å²) in [6, 6.07) is 10.4. The van der Waals surface area contributed by atoms with Gasteiger partial charge in [-0.15, -0.1) is 0 Å². The lowest BCUT2D eigenvalue weighted by atomic mass is 9.76. The van der Waals surface area contributed by atoms with Crippen molar-refractivity contribution in [3.8, 4) is 0 Å². The van der Waals surface area contributed by atoms with Crippen LogP contribution in [0.2, 0.25) is 5.02 Å². The number of allylic oxidation sites excluding steroid dienone is 1. The molecule has 1 aromatic carbocycles. The van der Waals surface area contributed by atoms with Crippen LogP contribution in [0.15, 0.2) is 48.9 Å². The number of aromatic nitrogens is 3. The Bertz CT molecular complexity index is 1320. The van der Waals surface area contributed by atoms with Gasteiger partial charge in [-0.25, -0.2) is 9.78 Å². The van der Waals surface area contributed by atoms with Gasteiger partial charge in [0.2, 0.25) is 0 Å². The molecule has 7 heteroatoms. The zero-order chi connectivity index (χ0) is 26.2. The maximum absolute atomic E-state index is 12.7. The Labute approximate surface area is 224 Å². The largest absolute Gasteiger partial charge is 0.444 e. The number of halogens is 1. The van der Waals surface area contributed by atoms with Crippen LogP contribution in [0.4, 0.5) is 4.79 Å². The molecule has 1 fully saturated rings. The van der Waals surface area contributed by atoms with Gasteiger partial charge in [0.1, 0.15) is 11.4 Å². The first-order valence-electron chi connectivity index (χ1n) is 13.2. The summed E-state index contributed by atoms with van der Waals surface area (Å²) in [5.74, 6) is 1.53. The van der Waals surface area contributed by atoms with Crippen molar-refractivity contribution < 1.29 is 9.53 Å². The molecule has 3 heterocycles. The Morgan fingerprint density at radius 3 is 2.65 bits per heavy atom. The molecule has 1 amide bonds. The highest BCUT2D eigenvalue weighted by atomic mass is 35.5. The van der Waals surface area contributed by atoms with E-state index in [1.807, 2.05) is 56.4 Å². The number of piperidine rings is 1. The number of ether oxygens (including phenoxy) is 1. The first kappa shape index (κ1) is 25.5. The molecule has 1 aliphatic carbocycles. The highest BCUT2D eigenvalue weighted by molar-refractivity contribution is 6.30. The van der Waals surface area contributed by atoms with E-state index in [9.17, 15) is 4.79 Å². The zero-order valence-electron chi connectivity index (χ0n) is 22.1. The van der Waals surface area contributed by atoms with Crippen molar-refractivity contribution in [3.05, 3.63) is 82.2 Å². The lowest BCUT2D eigenvalue weighted by molar-refractivity contribution is 0.0178. The van der Waals surface area contributed by atoms with Crippen molar-refractivity contribution in [2.24, 2.45) is 5.92 Å². The van der Waals surface area contributed by atoms with Gasteiger partial charge in [0.25, 0.3) is 0 Å². The van der Waals surface area contributed by atoms with Crippen molar-refractivity contribution in [1.29, 1.82) is 0 Å². The summed E-state index contributed by atoms with van der Waals surface area (Å²) >= 11 is 6.50. The van der Waals surface area contributed by atoms with Crippen molar-refractivity contribution in [2.75, 3.05) is 13.1 Å². The predicted molar refractivity (Wildman–Crippen MR) is 148 cm³/mol. The SMILES string of the molecule is CCc1nccn1CC1=Cc2cc(Cl)ccc2C(C2CCN(C(=O)OC(C)(C)C)CC2)c2ncccc21. The van der Waals surface area contributed by atoms with Gasteiger partial charge in [0.15, 0.2) is 0 Å². The number of carbonyl (C=O) groups excluding carboxylic acids is 1. The Balaban J connectivity index is 1.50. The summed E-state index contributed by atoms with van der Waals surface area (Å²) in [5.41, 5.74) is 5.36. The third-order valence-electron chi connectivity index (χ3n) is 7.31. The summed E-state index contributed by atoms with van der Waals surface area (Å²) in [5, 5.41) is 0.726. The first-order valence-corrected chi connectivity index (χ1v) is 13.5. The normalized spacial score (nSPS) is 18.0. The number of nitrogens with zero attached hydrogens (tertiary/aromatic N) is 4. The van der Waals surface area contributed by atoms with E-state index >= 15 is 0 Å². The van der Waals surface area contributed by atoms with Gasteiger partial charge in [0.05, 0.1) is 5.69 Å². The molecule has 0 spiro atoms. The Hall–Kier alpha value is -3.12. The highest BCUT2D eigenvalue weighted by Crippen LogP contribution is 2.45. The third-order valence-corrected chi connectivity index (χ3v) is 7.55. The average molecular weight is 519 g/mol. The van der Waals surface area contributed by atoms with Gasteiger partial charge in [-0.2, -0.15) is 0 Å². The van der Waals surface area contributed by atoms with Gasteiger partial charge < -0.3 is 14.2 Å². The van der Waals surface area contributed by atoms with E-state index in [0.717, 1.165) is 47.9 Å². The molecule has 1 atom stereocenters. The van der Waals surface area contributed by atoms with Crippen LogP contribution in [0.25, 0.3) is 11.6 Å². The summed E-state index contributed by atoms with van der Waals surface area (Å²) < 4.78 is 7.85. The fourth-order valence-electron chi connectivity index (χ4n) is 5.64. The van der Waals surface area contributed by atoms with Gasteiger partial charge >= 0.3 is 6.09 Å². The van der Waals surface area contributed by atoms with Crippen LogP contribution in [0.5, 0.6) is 0 Å². The van der Waals surface area contributed by atoms with Gasteiger partial charge in [-0.05, 0) is 80.5 Å². The number of rotatable bonds is 4. The molecule has 2 aromatic heterocycles. The standard InChI is InChI=1S/C30H35ClN4O2/c1-5-26-32-13-16-35(26)19-22-17-21-18-23(31)8-9-24(21)27(28-25(22)7-6-12-33-28)20-10-14-34(15-11-20)29(36)37-30(2,3)4/h6-9,12-13,16-18,20,27H,5,10-11,14-15,19H2,1-4H3. The molecule has 6 nitrogen and oxygen atoms in total. The van der Waals surface area contributed by atoms with Crippen molar-refractivity contribution in [3.63, 3.8) is 0 Å². The maximum Gasteiger partial charge on any atom is 0.410 e. The lowest BCUT2D eigenvalue weighted by Crippen LogP contribution is -2.42. The molecule has 2 aliphatic rings. The predicted octanol–water partition coefficient (Wildman–Crippen LogP) is 6.83. The van der Waals surface area contributed by atoms with Crippen molar-refractivity contribution in [2.45, 2.75) is 65.0 Å². The molecule has 0 bridgehead atoms. The molecule has 1 saturated heterocycles. The number of carbonyl (C=O) groups is 1. The maximum atomic E-state index is 12.7. The minimum atomic E-state index is -0.495. The van der Waals surface area contributed by atoms with Crippen LogP contribution in [-0.2, 0) is 17.7 Å². The van der Waals surface area contributed by atoms with Crippen LogP contribution < -0.4 is 0 Å². The van der Waals surface area contributed by atoms with Crippen LogP contribution in [0, 0.1) is 5.92 Å². The molecule has 3 aromatic rings. The summed E-state index contributed by atoms with van der Waals surface area (Å²) in [7, 11) is 0. The number of fused-ring (bicyclic) bond motifs is 2.